The molecule has 0 fully saturated rings. The summed E-state index contributed by atoms with van der Waals surface area (Å²) in [5.74, 6) is 0. The zero-order valence-corrected chi connectivity index (χ0v) is 9.36. The Hall–Kier alpha value is 2.12. The number of halogens is 4. The van der Waals surface area contributed by atoms with E-state index in [1.165, 1.54) is 0 Å². The van der Waals surface area contributed by atoms with E-state index in [9.17, 15) is 17.3 Å². The van der Waals surface area contributed by atoms with Crippen LogP contribution in [0.4, 0.5) is 17.3 Å². The summed E-state index contributed by atoms with van der Waals surface area (Å²) < 4.78 is 39.0. The van der Waals surface area contributed by atoms with Gasteiger partial charge in [0, 0.05) is 0 Å². The van der Waals surface area contributed by atoms with E-state index < -0.39 is 7.25 Å². The summed E-state index contributed by atoms with van der Waals surface area (Å²) in [6.45, 7) is 0. The van der Waals surface area contributed by atoms with Gasteiger partial charge in [0.25, 0.3) is 0 Å². The third-order valence-corrected chi connectivity index (χ3v) is 0. The molecule has 0 unspecified atom stereocenters. The maximum absolute atomic E-state index is 9.75. The van der Waals surface area contributed by atoms with E-state index in [0.29, 0.717) is 0 Å². The molecule has 0 aliphatic heterocycles. The van der Waals surface area contributed by atoms with E-state index in [1.807, 2.05) is 0 Å². The Kier molecular flexibility index (Phi) is 14.3. The minimum atomic E-state index is -6.00. The Morgan fingerprint density at radius 2 is 1.00 bits per heavy atom. The Bertz CT molecular complexity index is 37.6. The molecule has 0 nitrogen and oxygen atoms in total. The van der Waals surface area contributed by atoms with Gasteiger partial charge >= 0.3 is 79.2 Å². The Balaban J connectivity index is -0.00000000533. The monoisotopic (exact) mass is 253 g/mol. The summed E-state index contributed by atoms with van der Waals surface area (Å²) in [7, 11) is -6.00. The molecule has 40 valence electrons. The van der Waals surface area contributed by atoms with Gasteiger partial charge < -0.3 is 23.0 Å². The van der Waals surface area contributed by atoms with Gasteiger partial charge in [0.15, 0.2) is 0 Å². The fraction of sp³-hybridized carbons (Fsp3) is 0. The van der Waals surface area contributed by atoms with Crippen molar-refractivity contribution in [2.75, 3.05) is 0 Å². The molecule has 0 N–H and O–H groups in total. The topological polar surface area (TPSA) is 0 Å². The van der Waals surface area contributed by atoms with Gasteiger partial charge in [0.05, 0.1) is 0 Å². The maximum Gasteiger partial charge on any atom is 2.00 e. The van der Waals surface area contributed by atoms with Gasteiger partial charge in [-0.3, -0.25) is 0 Å². The van der Waals surface area contributed by atoms with Gasteiger partial charge in [-0.2, -0.15) is 0 Å². The van der Waals surface area contributed by atoms with Crippen LogP contribution in [0.1, 0.15) is 5.71 Å². The molecule has 0 atom stereocenters. The smallest absolute Gasteiger partial charge is 1.00 e. The van der Waals surface area contributed by atoms with Crippen molar-refractivity contribution in [3.05, 3.63) is 0 Å². The average Bonchev–Trinajstić information content (AvgIpc) is 0.722. The van der Waals surface area contributed by atoms with Crippen LogP contribution in [0.5, 0.6) is 0 Å². The van der Waals surface area contributed by atoms with Crippen LogP contribution in [0.2, 0.25) is 0 Å². The molecule has 0 aliphatic carbocycles. The first-order valence-corrected chi connectivity index (χ1v) is 0.873. The first-order valence-electron chi connectivity index (χ1n) is 0.873. The van der Waals surface area contributed by atoms with Gasteiger partial charge in [0.2, 0.25) is 0 Å². The Morgan fingerprint density at radius 3 is 1.00 bits per heavy atom. The molecule has 0 rings (SSSR count). The van der Waals surface area contributed by atoms with Crippen LogP contribution in [-0.2, 0) is 0 Å². The van der Waals surface area contributed by atoms with Crippen LogP contribution >= 0.6 is 0 Å². The van der Waals surface area contributed by atoms with Crippen LogP contribution in [0.15, 0.2) is 0 Å². The van der Waals surface area contributed by atoms with Gasteiger partial charge in [-0.05, 0) is 0 Å². The molecule has 7 heteroatoms. The molecule has 0 aromatic heterocycles. The second kappa shape index (κ2) is 6.25. The second-order valence-electron chi connectivity index (χ2n) is 0.495. The first kappa shape index (κ1) is 16.1. The Labute approximate surface area is 101 Å². The zero-order chi connectivity index (χ0) is 4.50. The fourth-order valence-electron chi connectivity index (χ4n) is 0. The molecule has 0 bridgehead atoms. The van der Waals surface area contributed by atoms with Crippen molar-refractivity contribution < 1.29 is 23.0 Å². The summed E-state index contributed by atoms with van der Waals surface area (Å²) in [5.41, 5.74) is 0. The predicted molar refractivity (Wildman–Crippen MR) is 26.1 cm³/mol. The molecule has 0 aliphatic rings. The third kappa shape index (κ3) is 67.6. The molecule has 7 heavy (non-hydrogen) atoms. The SMILES string of the molecule is F[B-](F)(F)F.[Ba+2].[H-].[H-].[H-].[H-].[Mg+2]. The second-order valence-corrected chi connectivity index (χ2v) is 0.495. The summed E-state index contributed by atoms with van der Waals surface area (Å²) in [5, 5.41) is 0. The molecule has 0 heterocycles. The number of hydrogen-bond acceptors (Lipinski definition) is 0. The molecular weight excluding hydrogens is 248 g/mol. The van der Waals surface area contributed by atoms with E-state index in [0.717, 1.165) is 0 Å². The molecule has 0 radical (unpaired) electrons. The quantitative estimate of drug-likeness (QED) is 0.445. The summed E-state index contributed by atoms with van der Waals surface area (Å²) in [4.78, 5) is 0. The zero-order valence-electron chi connectivity index (χ0n) is 7.50. The molecule has 0 aromatic carbocycles. The van der Waals surface area contributed by atoms with Crippen LogP contribution in [0.25, 0.3) is 0 Å². The Morgan fingerprint density at radius 1 is 1.00 bits per heavy atom. The molecule has 0 saturated carbocycles. The molecule has 0 amide bonds. The molecule has 0 spiro atoms. The minimum Gasteiger partial charge on any atom is -1.00 e. The van der Waals surface area contributed by atoms with Gasteiger partial charge in [-0.15, -0.1) is 0 Å². The van der Waals surface area contributed by atoms with Crippen molar-refractivity contribution in [3.8, 4) is 0 Å². The predicted octanol–water partition coefficient (Wildman–Crippen LogP) is 0.988. The van der Waals surface area contributed by atoms with Crippen LogP contribution in [0.3, 0.4) is 0 Å². The van der Waals surface area contributed by atoms with E-state index in [2.05, 4.69) is 0 Å². The molecule has 0 aromatic rings. The van der Waals surface area contributed by atoms with Crippen LogP contribution < -0.4 is 0 Å². The van der Waals surface area contributed by atoms with E-state index in [-0.39, 0.29) is 77.6 Å². The van der Waals surface area contributed by atoms with Crippen molar-refractivity contribution >= 4 is 79.2 Å². The van der Waals surface area contributed by atoms with Crippen LogP contribution in [-0.4, -0.2) is 79.2 Å². The normalized spacial score (nSPS) is 8.57. The van der Waals surface area contributed by atoms with Gasteiger partial charge in [0.1, 0.15) is 0 Å². The largest absolute Gasteiger partial charge is 2.00 e. The maximum atomic E-state index is 9.75. The van der Waals surface area contributed by atoms with E-state index >= 15 is 0 Å². The van der Waals surface area contributed by atoms with Crippen molar-refractivity contribution in [2.45, 2.75) is 0 Å². The number of hydrogen-bond donors (Lipinski definition) is 0. The third-order valence-electron chi connectivity index (χ3n) is 0. The molecular formula is H4BBaF4Mg-. The summed E-state index contributed by atoms with van der Waals surface area (Å²) in [6.07, 6.45) is 0. The van der Waals surface area contributed by atoms with Crippen molar-refractivity contribution in [1.29, 1.82) is 0 Å². The van der Waals surface area contributed by atoms with Crippen LogP contribution in [0, 0.1) is 0 Å². The van der Waals surface area contributed by atoms with Crippen molar-refractivity contribution in [3.63, 3.8) is 0 Å². The van der Waals surface area contributed by atoms with Crippen molar-refractivity contribution in [1.82, 2.24) is 0 Å². The average molecular weight is 252 g/mol. The minimum absolute atomic E-state index is 0. The van der Waals surface area contributed by atoms with Gasteiger partial charge in [-0.1, -0.05) is 0 Å². The van der Waals surface area contributed by atoms with E-state index in [1.54, 1.807) is 0 Å². The standard InChI is InChI=1S/BF4.Ba.Mg.4H/c2-1(3,4)5;;;;;;/q-1;2*+2;4*-1. The van der Waals surface area contributed by atoms with Crippen molar-refractivity contribution in [2.24, 2.45) is 0 Å². The number of rotatable bonds is 0. The first-order chi connectivity index (χ1) is 2.00. The summed E-state index contributed by atoms with van der Waals surface area (Å²) >= 11 is 0. The molecule has 0 saturated heterocycles. The fourth-order valence-corrected chi connectivity index (χ4v) is 0. The van der Waals surface area contributed by atoms with Gasteiger partial charge in [-0.25, -0.2) is 0 Å². The van der Waals surface area contributed by atoms with E-state index in [4.69, 9.17) is 0 Å². The summed E-state index contributed by atoms with van der Waals surface area (Å²) in [6, 6.07) is 0.